The van der Waals surface area contributed by atoms with Crippen LogP contribution in [0.2, 0.25) is 0 Å². The molecule has 0 N–H and O–H groups in total. The molecule has 14 aromatic rings. The van der Waals surface area contributed by atoms with Gasteiger partial charge in [0.1, 0.15) is 11.2 Å². The molecule has 76 heavy (non-hydrogen) atoms. The molecule has 0 aliphatic heterocycles. The van der Waals surface area contributed by atoms with Gasteiger partial charge >= 0.3 is 0 Å². The second kappa shape index (κ2) is 17.8. The Bertz CT molecular complexity index is 4440. The van der Waals surface area contributed by atoms with Gasteiger partial charge in [-0.1, -0.05) is 231 Å². The highest BCUT2D eigenvalue weighted by atomic mass is 32.1. The largest absolute Gasteiger partial charge is 0.455 e. The lowest BCUT2D eigenvalue weighted by atomic mass is 9.68. The first kappa shape index (κ1) is 44.0. The molecule has 0 saturated carbocycles. The van der Waals surface area contributed by atoms with Gasteiger partial charge < -0.3 is 9.32 Å². The summed E-state index contributed by atoms with van der Waals surface area (Å²) >= 11 is 1.86. The van der Waals surface area contributed by atoms with Crippen LogP contribution in [0.1, 0.15) is 22.3 Å². The molecule has 356 valence electrons. The summed E-state index contributed by atoms with van der Waals surface area (Å²) in [5.41, 5.74) is 21.4. The van der Waals surface area contributed by atoms with E-state index in [2.05, 4.69) is 278 Å². The molecule has 0 radical (unpaired) electrons. The number of rotatable bonds is 9. The monoisotopic (exact) mass is 985 g/mol. The van der Waals surface area contributed by atoms with Crippen LogP contribution in [0.5, 0.6) is 0 Å². The fraction of sp³-hybridized carbons (Fsp3) is 0.0137. The summed E-state index contributed by atoms with van der Waals surface area (Å²) in [5, 5.41) is 4.91. The molecule has 0 atom stereocenters. The molecule has 0 bridgehead atoms. The van der Waals surface area contributed by atoms with Gasteiger partial charge in [-0.25, -0.2) is 0 Å². The highest BCUT2D eigenvalue weighted by molar-refractivity contribution is 7.25. The fourth-order valence-corrected chi connectivity index (χ4v) is 13.4. The van der Waals surface area contributed by atoms with Crippen LogP contribution in [-0.2, 0) is 5.41 Å². The maximum absolute atomic E-state index is 6.43. The molecule has 1 aliphatic carbocycles. The van der Waals surface area contributed by atoms with E-state index in [1.165, 1.54) is 75.8 Å². The third kappa shape index (κ3) is 7.01. The smallest absolute Gasteiger partial charge is 0.143 e. The Balaban J connectivity index is 0.829. The second-order valence-electron chi connectivity index (χ2n) is 19.9. The molecule has 2 heterocycles. The number of furan rings is 1. The molecule has 1 aliphatic rings. The first-order valence-corrected chi connectivity index (χ1v) is 26.9. The number of thiophene rings is 1. The van der Waals surface area contributed by atoms with Crippen molar-refractivity contribution >= 4 is 70.5 Å². The zero-order valence-corrected chi connectivity index (χ0v) is 42.2. The Morgan fingerprint density at radius 3 is 1.46 bits per heavy atom. The Morgan fingerprint density at radius 2 is 0.789 bits per heavy atom. The third-order valence-corrected chi connectivity index (χ3v) is 17.0. The minimum Gasteiger partial charge on any atom is -0.455 e. The average molecular weight is 986 g/mol. The topological polar surface area (TPSA) is 16.4 Å². The highest BCUT2D eigenvalue weighted by Crippen LogP contribution is 2.59. The summed E-state index contributed by atoms with van der Waals surface area (Å²) in [7, 11) is 0. The summed E-state index contributed by atoms with van der Waals surface area (Å²) in [5.74, 6) is 0. The lowest BCUT2D eigenvalue weighted by molar-refractivity contribution is 0.670. The molecule has 0 fully saturated rings. The van der Waals surface area contributed by atoms with E-state index < -0.39 is 5.41 Å². The lowest BCUT2D eigenvalue weighted by Gasteiger charge is -2.34. The summed E-state index contributed by atoms with van der Waals surface area (Å²) < 4.78 is 9.08. The van der Waals surface area contributed by atoms with E-state index in [4.69, 9.17) is 4.42 Å². The fourth-order valence-electron chi connectivity index (χ4n) is 12.3. The van der Waals surface area contributed by atoms with Gasteiger partial charge in [0.05, 0.1) is 11.1 Å². The van der Waals surface area contributed by atoms with Crippen LogP contribution in [-0.4, -0.2) is 0 Å². The normalized spacial score (nSPS) is 12.6. The quantitative estimate of drug-likeness (QED) is 0.143. The number of hydrogen-bond acceptors (Lipinski definition) is 3. The lowest BCUT2D eigenvalue weighted by Crippen LogP contribution is -2.28. The zero-order chi connectivity index (χ0) is 50.2. The van der Waals surface area contributed by atoms with Gasteiger partial charge in [-0.05, 0) is 121 Å². The maximum Gasteiger partial charge on any atom is 0.143 e. The van der Waals surface area contributed by atoms with Crippen LogP contribution >= 0.6 is 11.3 Å². The number of nitrogens with zero attached hydrogens (tertiary/aromatic N) is 1. The summed E-state index contributed by atoms with van der Waals surface area (Å²) in [6.45, 7) is 0. The average Bonchev–Trinajstić information content (AvgIpc) is 4.33. The molecule has 0 amide bonds. The number of hydrogen-bond donors (Lipinski definition) is 0. The van der Waals surface area contributed by atoms with Crippen molar-refractivity contribution in [3.8, 4) is 55.6 Å². The first-order valence-electron chi connectivity index (χ1n) is 26.1. The Hall–Kier alpha value is -9.54. The predicted molar refractivity (Wildman–Crippen MR) is 320 cm³/mol. The molecule has 15 rings (SSSR count). The van der Waals surface area contributed by atoms with Crippen LogP contribution in [0.25, 0.3) is 97.7 Å². The van der Waals surface area contributed by atoms with Gasteiger partial charge in [0.2, 0.25) is 0 Å². The minimum absolute atomic E-state index is 0.526. The predicted octanol–water partition coefficient (Wildman–Crippen LogP) is 20.5. The van der Waals surface area contributed by atoms with Crippen molar-refractivity contribution in [2.75, 3.05) is 4.90 Å². The number of fused-ring (bicyclic) bond motifs is 9. The summed E-state index contributed by atoms with van der Waals surface area (Å²) in [6, 6.07) is 105. The Morgan fingerprint density at radius 1 is 0.316 bits per heavy atom. The highest BCUT2D eigenvalue weighted by Gasteiger charge is 2.47. The van der Waals surface area contributed by atoms with Gasteiger partial charge in [-0.3, -0.25) is 0 Å². The van der Waals surface area contributed by atoms with Crippen molar-refractivity contribution in [1.82, 2.24) is 0 Å². The molecular formula is C73H47NOS. The molecule has 12 aromatic carbocycles. The maximum atomic E-state index is 6.43. The van der Waals surface area contributed by atoms with Crippen LogP contribution in [0.4, 0.5) is 17.1 Å². The zero-order valence-electron chi connectivity index (χ0n) is 41.4. The summed E-state index contributed by atoms with van der Waals surface area (Å²) in [6.07, 6.45) is 0. The van der Waals surface area contributed by atoms with Gasteiger partial charge in [-0.2, -0.15) is 0 Å². The Kier molecular flexibility index (Phi) is 10.3. The van der Waals surface area contributed by atoms with Gasteiger partial charge in [0, 0.05) is 53.4 Å². The van der Waals surface area contributed by atoms with E-state index in [1.54, 1.807) is 0 Å². The van der Waals surface area contributed by atoms with Crippen molar-refractivity contribution in [3.63, 3.8) is 0 Å². The van der Waals surface area contributed by atoms with Crippen molar-refractivity contribution < 1.29 is 4.42 Å². The molecule has 0 spiro atoms. The first-order chi connectivity index (χ1) is 37.7. The molecule has 2 nitrogen and oxygen atoms in total. The second-order valence-corrected chi connectivity index (χ2v) is 21.0. The van der Waals surface area contributed by atoms with Crippen molar-refractivity contribution in [1.29, 1.82) is 0 Å². The third-order valence-electron chi connectivity index (χ3n) is 15.8. The molecule has 0 saturated heterocycles. The number of benzene rings is 12. The molecule has 0 unspecified atom stereocenters. The van der Waals surface area contributed by atoms with Crippen LogP contribution in [0.15, 0.2) is 290 Å². The van der Waals surface area contributed by atoms with Gasteiger partial charge in [0.15, 0.2) is 0 Å². The van der Waals surface area contributed by atoms with E-state index in [0.29, 0.717) is 0 Å². The van der Waals surface area contributed by atoms with Crippen molar-refractivity contribution in [2.24, 2.45) is 0 Å². The van der Waals surface area contributed by atoms with E-state index in [0.717, 1.165) is 61.3 Å². The molecule has 3 heteroatoms. The van der Waals surface area contributed by atoms with Crippen molar-refractivity contribution in [2.45, 2.75) is 5.41 Å². The van der Waals surface area contributed by atoms with E-state index in [9.17, 15) is 0 Å². The Labute approximate surface area is 445 Å². The van der Waals surface area contributed by atoms with Crippen LogP contribution < -0.4 is 4.90 Å². The SMILES string of the molecule is c1ccc(C2(c3ccccc3)c3ccccc3-c3c(N(c4ccc(-c5ccc(-c6ccc7sc8ccccc8c7c6)cc5)cc4)c4ccc(-c5ccc(-c6cccc7c6oc6ccccc67)cc5)cc4)cccc32)cc1. The van der Waals surface area contributed by atoms with Crippen molar-refractivity contribution in [3.05, 3.63) is 307 Å². The number of anilines is 3. The van der Waals surface area contributed by atoms with E-state index in [1.807, 2.05) is 23.5 Å². The van der Waals surface area contributed by atoms with Crippen LogP contribution in [0, 0.1) is 0 Å². The minimum atomic E-state index is -0.526. The van der Waals surface area contributed by atoms with E-state index in [-0.39, 0.29) is 0 Å². The van der Waals surface area contributed by atoms with Gasteiger partial charge in [-0.15, -0.1) is 11.3 Å². The molecule has 2 aromatic heterocycles. The standard InChI is InChI=1S/C73H47NOS/c1-3-15-55(16-4-1)73(56-17-5-2-6-18-56)65-24-10-7-21-63(65)71-66(73)25-14-26-67(71)74(57-42-37-50(38-43-57)48-29-31-52(32-30-48)54-41-46-70-64(47-54)61-20-9-12-28-69(61)76-70)58-44-39-51(40-45-58)49-33-35-53(36-34-49)59-22-13-23-62-60-19-8-11-27-68(60)75-72(59)62/h1-47H. The summed E-state index contributed by atoms with van der Waals surface area (Å²) in [4.78, 5) is 2.46. The molecular weight excluding hydrogens is 939 g/mol. The van der Waals surface area contributed by atoms with E-state index >= 15 is 0 Å². The van der Waals surface area contributed by atoms with Gasteiger partial charge in [0.25, 0.3) is 0 Å². The van der Waals surface area contributed by atoms with Crippen LogP contribution in [0.3, 0.4) is 0 Å². The number of para-hydroxylation sites is 2.